The first-order chi connectivity index (χ1) is 12.6. The number of aryl methyl sites for hydroxylation is 2. The van der Waals surface area contributed by atoms with E-state index in [0.29, 0.717) is 11.3 Å². The Morgan fingerprint density at radius 2 is 1.70 bits per heavy atom. The third kappa shape index (κ3) is 5.32. The Hall–Kier alpha value is -2.34. The van der Waals surface area contributed by atoms with Crippen molar-refractivity contribution in [2.45, 2.75) is 33.6 Å². The fraction of sp³-hybridized carbons (Fsp3) is 0.381. The summed E-state index contributed by atoms with van der Waals surface area (Å²) in [6.45, 7) is 8.35. The molecule has 0 saturated carbocycles. The van der Waals surface area contributed by atoms with Crippen molar-refractivity contribution in [2.75, 3.05) is 23.7 Å². The summed E-state index contributed by atoms with van der Waals surface area (Å²) in [6, 6.07) is 13.1. The van der Waals surface area contributed by atoms with Gasteiger partial charge >= 0.3 is 0 Å². The van der Waals surface area contributed by atoms with Gasteiger partial charge in [0.25, 0.3) is 5.91 Å². The third-order valence-corrected chi connectivity index (χ3v) is 5.62. The number of nitrogens with zero attached hydrogens (tertiary/aromatic N) is 1. The lowest BCUT2D eigenvalue weighted by Gasteiger charge is -2.28. The van der Waals surface area contributed by atoms with E-state index in [1.165, 1.54) is 10.6 Å². The number of para-hydroxylation sites is 1. The molecule has 0 aliphatic heterocycles. The molecule has 146 valence electrons. The fourth-order valence-electron chi connectivity index (χ4n) is 3.01. The van der Waals surface area contributed by atoms with Crippen LogP contribution in [-0.2, 0) is 10.0 Å². The predicted molar refractivity (Wildman–Crippen MR) is 111 cm³/mol. The number of anilines is 1. The highest BCUT2D eigenvalue weighted by atomic mass is 32.2. The first-order valence-corrected chi connectivity index (χ1v) is 10.9. The lowest BCUT2D eigenvalue weighted by Crippen LogP contribution is -2.39. The smallest absolute Gasteiger partial charge is 0.251 e. The number of nitrogens with one attached hydrogen (secondary N) is 1. The van der Waals surface area contributed by atoms with Gasteiger partial charge in [-0.1, -0.05) is 49.7 Å². The van der Waals surface area contributed by atoms with Crippen LogP contribution in [0.15, 0.2) is 42.5 Å². The van der Waals surface area contributed by atoms with Gasteiger partial charge in [0.05, 0.1) is 18.5 Å². The molecule has 1 N–H and O–H groups in total. The van der Waals surface area contributed by atoms with Crippen LogP contribution in [0.5, 0.6) is 0 Å². The summed E-state index contributed by atoms with van der Waals surface area (Å²) in [5.41, 5.74) is 4.22. The Morgan fingerprint density at radius 3 is 2.26 bits per heavy atom. The van der Waals surface area contributed by atoms with Gasteiger partial charge in [-0.25, -0.2) is 8.42 Å². The van der Waals surface area contributed by atoms with Gasteiger partial charge in [0.1, 0.15) is 0 Å². The van der Waals surface area contributed by atoms with Gasteiger partial charge in [-0.05, 0) is 43.0 Å². The molecular weight excluding hydrogens is 360 g/mol. The minimum absolute atomic E-state index is 0.182. The van der Waals surface area contributed by atoms with Crippen molar-refractivity contribution in [3.8, 4) is 0 Å². The number of rotatable bonds is 7. The summed E-state index contributed by atoms with van der Waals surface area (Å²) < 4.78 is 26.3. The van der Waals surface area contributed by atoms with E-state index in [4.69, 9.17) is 0 Å². The van der Waals surface area contributed by atoms with Crippen LogP contribution in [0.25, 0.3) is 0 Å². The molecule has 0 aliphatic carbocycles. The van der Waals surface area contributed by atoms with Crippen molar-refractivity contribution in [3.05, 3.63) is 64.7 Å². The number of benzene rings is 2. The maximum Gasteiger partial charge on any atom is 0.251 e. The van der Waals surface area contributed by atoms with Gasteiger partial charge in [0.2, 0.25) is 10.0 Å². The largest absolute Gasteiger partial charge is 0.350 e. The number of carbonyl (C=O) groups excluding carboxylic acids is 1. The monoisotopic (exact) mass is 388 g/mol. The SMILES string of the molecule is Cc1ccc(C(=O)NCCN(c2c(C)cccc2C(C)C)S(C)(=O)=O)cc1. The van der Waals surface area contributed by atoms with Crippen LogP contribution < -0.4 is 9.62 Å². The standard InChI is InChI=1S/C21H28N2O3S/c1-15(2)19-8-6-7-17(4)20(19)23(27(5,25)26)14-13-22-21(24)18-11-9-16(3)10-12-18/h6-12,15H,13-14H2,1-5H3,(H,22,24). The molecule has 0 spiro atoms. The summed E-state index contributed by atoms with van der Waals surface area (Å²) in [7, 11) is -3.48. The molecule has 6 heteroatoms. The zero-order valence-corrected chi connectivity index (χ0v) is 17.4. The number of amides is 1. The molecule has 1 amide bonds. The molecule has 0 fully saturated rings. The molecule has 0 aromatic heterocycles. The molecule has 0 heterocycles. The minimum atomic E-state index is -3.48. The summed E-state index contributed by atoms with van der Waals surface area (Å²) in [5.74, 6) is -0.0244. The predicted octanol–water partition coefficient (Wildman–Crippen LogP) is 3.62. The lowest BCUT2D eigenvalue weighted by molar-refractivity contribution is 0.0955. The molecule has 2 aromatic rings. The van der Waals surface area contributed by atoms with Crippen molar-refractivity contribution < 1.29 is 13.2 Å². The van der Waals surface area contributed by atoms with Crippen molar-refractivity contribution in [1.82, 2.24) is 5.32 Å². The van der Waals surface area contributed by atoms with E-state index < -0.39 is 10.0 Å². The average molecular weight is 389 g/mol. The number of hydrogen-bond donors (Lipinski definition) is 1. The molecule has 0 unspecified atom stereocenters. The molecular formula is C21H28N2O3S. The average Bonchev–Trinajstić information content (AvgIpc) is 2.58. The third-order valence-electron chi connectivity index (χ3n) is 4.45. The van der Waals surface area contributed by atoms with Crippen LogP contribution in [0, 0.1) is 13.8 Å². The van der Waals surface area contributed by atoms with E-state index in [-0.39, 0.29) is 24.9 Å². The van der Waals surface area contributed by atoms with Gasteiger partial charge in [-0.3, -0.25) is 9.10 Å². The number of sulfonamides is 1. The minimum Gasteiger partial charge on any atom is -0.350 e. The van der Waals surface area contributed by atoms with Crippen LogP contribution >= 0.6 is 0 Å². The van der Waals surface area contributed by atoms with E-state index in [2.05, 4.69) is 5.32 Å². The summed E-state index contributed by atoms with van der Waals surface area (Å²) >= 11 is 0. The normalized spacial score (nSPS) is 11.5. The topological polar surface area (TPSA) is 66.5 Å². The van der Waals surface area contributed by atoms with Crippen molar-refractivity contribution in [1.29, 1.82) is 0 Å². The van der Waals surface area contributed by atoms with E-state index in [9.17, 15) is 13.2 Å². The van der Waals surface area contributed by atoms with Crippen LogP contribution in [-0.4, -0.2) is 33.7 Å². The highest BCUT2D eigenvalue weighted by molar-refractivity contribution is 7.92. The van der Waals surface area contributed by atoms with Crippen LogP contribution in [0.3, 0.4) is 0 Å². The zero-order valence-electron chi connectivity index (χ0n) is 16.6. The summed E-state index contributed by atoms with van der Waals surface area (Å²) in [6.07, 6.45) is 1.20. The molecule has 0 bridgehead atoms. The first-order valence-electron chi connectivity index (χ1n) is 9.03. The highest BCUT2D eigenvalue weighted by Gasteiger charge is 2.23. The zero-order chi connectivity index (χ0) is 20.2. The second-order valence-corrected chi connectivity index (χ2v) is 9.03. The lowest BCUT2D eigenvalue weighted by atomic mass is 9.98. The van der Waals surface area contributed by atoms with Gasteiger partial charge in [-0.15, -0.1) is 0 Å². The van der Waals surface area contributed by atoms with E-state index in [0.717, 1.165) is 16.7 Å². The van der Waals surface area contributed by atoms with Gasteiger partial charge in [-0.2, -0.15) is 0 Å². The van der Waals surface area contributed by atoms with Crippen LogP contribution in [0.2, 0.25) is 0 Å². The van der Waals surface area contributed by atoms with Crippen molar-refractivity contribution in [2.24, 2.45) is 0 Å². The molecule has 0 atom stereocenters. The van der Waals surface area contributed by atoms with E-state index >= 15 is 0 Å². The summed E-state index contributed by atoms with van der Waals surface area (Å²) in [5, 5.41) is 2.81. The van der Waals surface area contributed by atoms with Crippen molar-refractivity contribution in [3.63, 3.8) is 0 Å². The second kappa shape index (κ2) is 8.57. The van der Waals surface area contributed by atoms with Gasteiger partial charge in [0, 0.05) is 12.1 Å². The highest BCUT2D eigenvalue weighted by Crippen LogP contribution is 2.32. The van der Waals surface area contributed by atoms with Gasteiger partial charge in [0.15, 0.2) is 0 Å². The molecule has 5 nitrogen and oxygen atoms in total. The fourth-order valence-corrected chi connectivity index (χ4v) is 4.01. The quantitative estimate of drug-likeness (QED) is 0.788. The Kier molecular flexibility index (Phi) is 6.65. The Morgan fingerprint density at radius 1 is 1.07 bits per heavy atom. The van der Waals surface area contributed by atoms with Crippen LogP contribution in [0.4, 0.5) is 5.69 Å². The van der Waals surface area contributed by atoms with E-state index in [1.807, 2.05) is 58.0 Å². The Labute approximate surface area is 162 Å². The molecule has 2 aromatic carbocycles. The molecule has 27 heavy (non-hydrogen) atoms. The first kappa shape index (κ1) is 21.0. The maximum atomic E-state index is 12.5. The number of carbonyl (C=O) groups is 1. The van der Waals surface area contributed by atoms with Gasteiger partial charge < -0.3 is 5.32 Å². The van der Waals surface area contributed by atoms with E-state index in [1.54, 1.807) is 12.1 Å². The maximum absolute atomic E-state index is 12.5. The molecule has 0 radical (unpaired) electrons. The Bertz CT molecular complexity index is 904. The van der Waals surface area contributed by atoms with Crippen LogP contribution in [0.1, 0.15) is 46.8 Å². The molecule has 2 rings (SSSR count). The Balaban J connectivity index is 2.20. The summed E-state index contributed by atoms with van der Waals surface area (Å²) in [4.78, 5) is 12.3. The molecule has 0 aliphatic rings. The molecule has 0 saturated heterocycles. The van der Waals surface area contributed by atoms with Crippen molar-refractivity contribution >= 4 is 21.6 Å². The number of hydrogen-bond acceptors (Lipinski definition) is 3. The second-order valence-electron chi connectivity index (χ2n) is 7.12.